The fraction of sp³-hybridized carbons (Fsp3) is 0.286. The summed E-state index contributed by atoms with van der Waals surface area (Å²) in [7, 11) is -2.17. The zero-order chi connectivity index (χ0) is 22.7. The van der Waals surface area contributed by atoms with E-state index in [1.54, 1.807) is 19.2 Å². The van der Waals surface area contributed by atoms with Gasteiger partial charge in [-0.25, -0.2) is 8.42 Å². The molecule has 0 aliphatic carbocycles. The van der Waals surface area contributed by atoms with Crippen LogP contribution in [0.15, 0.2) is 52.9 Å². The molecular formula is C21H23N5O4S2. The summed E-state index contributed by atoms with van der Waals surface area (Å²) in [6, 6.07) is 14.7. The molecule has 0 bridgehead atoms. The summed E-state index contributed by atoms with van der Waals surface area (Å²) in [5, 5.41) is 10.4. The molecule has 9 nitrogen and oxygen atoms in total. The Balaban J connectivity index is 1.39. The van der Waals surface area contributed by atoms with Crippen LogP contribution in [0.5, 0.6) is 5.75 Å². The van der Waals surface area contributed by atoms with Crippen LogP contribution in [0.4, 0.5) is 10.8 Å². The number of piperazine rings is 1. The van der Waals surface area contributed by atoms with Crippen molar-refractivity contribution in [2.45, 2.75) is 11.3 Å². The summed E-state index contributed by atoms with van der Waals surface area (Å²) in [6.07, 6.45) is 0. The van der Waals surface area contributed by atoms with Crippen molar-refractivity contribution in [1.29, 1.82) is 0 Å². The highest BCUT2D eigenvalue weighted by Crippen LogP contribution is 2.26. The number of nitrogens with one attached hydrogen (secondary N) is 1. The van der Waals surface area contributed by atoms with Crippen molar-refractivity contribution in [3.05, 3.63) is 59.7 Å². The summed E-state index contributed by atoms with van der Waals surface area (Å²) in [4.78, 5) is 14.5. The number of rotatable bonds is 6. The van der Waals surface area contributed by atoms with Crippen LogP contribution in [0, 0.1) is 6.92 Å². The molecule has 2 aromatic carbocycles. The van der Waals surface area contributed by atoms with E-state index in [0.717, 1.165) is 28.3 Å². The van der Waals surface area contributed by atoms with Crippen LogP contribution >= 0.6 is 11.3 Å². The lowest BCUT2D eigenvalue weighted by Gasteiger charge is -2.34. The van der Waals surface area contributed by atoms with Gasteiger partial charge in [-0.15, -0.1) is 10.2 Å². The Bertz CT molecular complexity index is 1190. The van der Waals surface area contributed by atoms with E-state index in [4.69, 9.17) is 4.74 Å². The standard InChI is InChI=1S/C21H23N5O4S2/c1-15-3-5-16(6-4-15)19(27)22-20-23-24-21(31-20)32(28,29)26-13-11-25(12-14-26)17-7-9-18(30-2)10-8-17/h3-10H,11-14H2,1-2H3,(H,22,23,27). The number of aryl methyl sites for hydroxylation is 1. The summed E-state index contributed by atoms with van der Waals surface area (Å²) < 4.78 is 32.5. The molecule has 1 N–H and O–H groups in total. The Hall–Kier alpha value is -3.02. The molecule has 1 aliphatic rings. The van der Waals surface area contributed by atoms with Gasteiger partial charge < -0.3 is 9.64 Å². The van der Waals surface area contributed by atoms with Gasteiger partial charge in [-0.3, -0.25) is 10.1 Å². The molecule has 3 aromatic rings. The van der Waals surface area contributed by atoms with Crippen molar-refractivity contribution < 1.29 is 17.9 Å². The number of amides is 1. The molecule has 168 valence electrons. The van der Waals surface area contributed by atoms with Gasteiger partial charge in [0.1, 0.15) is 5.75 Å². The topological polar surface area (TPSA) is 105 Å². The SMILES string of the molecule is COc1ccc(N2CCN(S(=O)(=O)c3nnc(NC(=O)c4ccc(C)cc4)s3)CC2)cc1. The molecule has 11 heteroatoms. The van der Waals surface area contributed by atoms with Crippen LogP contribution in [0.3, 0.4) is 0 Å². The van der Waals surface area contributed by atoms with Crippen molar-refractivity contribution in [2.24, 2.45) is 0 Å². The smallest absolute Gasteiger partial charge is 0.272 e. The molecule has 0 radical (unpaired) electrons. The average molecular weight is 474 g/mol. The zero-order valence-electron chi connectivity index (χ0n) is 17.7. The highest BCUT2D eigenvalue weighted by Gasteiger charge is 2.32. The molecule has 0 unspecified atom stereocenters. The van der Waals surface area contributed by atoms with Crippen LogP contribution < -0.4 is 15.0 Å². The van der Waals surface area contributed by atoms with Crippen LogP contribution in [0.25, 0.3) is 0 Å². The van der Waals surface area contributed by atoms with Crippen molar-refractivity contribution in [3.8, 4) is 5.75 Å². The van der Waals surface area contributed by atoms with Crippen LogP contribution in [-0.2, 0) is 10.0 Å². The molecule has 1 amide bonds. The largest absolute Gasteiger partial charge is 0.497 e. The van der Waals surface area contributed by atoms with E-state index in [1.165, 1.54) is 4.31 Å². The van der Waals surface area contributed by atoms with Gasteiger partial charge in [0.15, 0.2) is 0 Å². The lowest BCUT2D eigenvalue weighted by Crippen LogP contribution is -2.48. The first-order valence-electron chi connectivity index (χ1n) is 9.97. The first-order chi connectivity index (χ1) is 15.4. The normalized spacial score (nSPS) is 14.9. The lowest BCUT2D eigenvalue weighted by molar-refractivity contribution is 0.102. The minimum atomic E-state index is -3.78. The van der Waals surface area contributed by atoms with Crippen LogP contribution in [-0.4, -0.2) is 62.1 Å². The number of hydrogen-bond donors (Lipinski definition) is 1. The molecule has 0 spiro atoms. The van der Waals surface area contributed by atoms with E-state index in [9.17, 15) is 13.2 Å². The summed E-state index contributed by atoms with van der Waals surface area (Å²) >= 11 is 0.850. The number of aromatic nitrogens is 2. The highest BCUT2D eigenvalue weighted by molar-refractivity contribution is 7.91. The molecule has 0 saturated carbocycles. The summed E-state index contributed by atoms with van der Waals surface area (Å²) in [6.45, 7) is 3.71. The Morgan fingerprint density at radius 3 is 2.28 bits per heavy atom. The van der Waals surface area contributed by atoms with Gasteiger partial charge in [0.25, 0.3) is 15.9 Å². The number of carbonyl (C=O) groups is 1. The predicted molar refractivity (Wildman–Crippen MR) is 123 cm³/mol. The van der Waals surface area contributed by atoms with Crippen LogP contribution in [0.2, 0.25) is 0 Å². The van der Waals surface area contributed by atoms with Gasteiger partial charge in [-0.05, 0) is 43.3 Å². The van der Waals surface area contributed by atoms with Crippen LogP contribution in [0.1, 0.15) is 15.9 Å². The Morgan fingerprint density at radius 2 is 1.66 bits per heavy atom. The number of carbonyl (C=O) groups excluding carboxylic acids is 1. The molecule has 0 atom stereocenters. The maximum atomic E-state index is 13.0. The number of sulfonamides is 1. The van der Waals surface area contributed by atoms with Crippen molar-refractivity contribution >= 4 is 38.1 Å². The lowest BCUT2D eigenvalue weighted by atomic mass is 10.1. The molecule has 1 fully saturated rings. The van der Waals surface area contributed by atoms with E-state index in [2.05, 4.69) is 20.4 Å². The van der Waals surface area contributed by atoms with E-state index in [1.807, 2.05) is 43.3 Å². The maximum Gasteiger partial charge on any atom is 0.272 e. The highest BCUT2D eigenvalue weighted by atomic mass is 32.2. The second-order valence-corrected chi connectivity index (χ2v) is 10.4. The molecule has 1 aromatic heterocycles. The fourth-order valence-electron chi connectivity index (χ4n) is 3.33. The zero-order valence-corrected chi connectivity index (χ0v) is 19.3. The van der Waals surface area contributed by atoms with Gasteiger partial charge in [-0.1, -0.05) is 29.0 Å². The molecule has 4 rings (SSSR count). The number of methoxy groups -OCH3 is 1. The second kappa shape index (κ2) is 9.23. The Morgan fingerprint density at radius 1 is 1.00 bits per heavy atom. The second-order valence-electron chi connectivity index (χ2n) is 7.28. The third-order valence-electron chi connectivity index (χ3n) is 5.18. The Kier molecular flexibility index (Phi) is 6.40. The van der Waals surface area contributed by atoms with Crippen molar-refractivity contribution in [1.82, 2.24) is 14.5 Å². The minimum Gasteiger partial charge on any atom is -0.497 e. The number of anilines is 2. The third-order valence-corrected chi connectivity index (χ3v) is 8.26. The van der Waals surface area contributed by atoms with Gasteiger partial charge in [0, 0.05) is 37.4 Å². The summed E-state index contributed by atoms with van der Waals surface area (Å²) in [5.74, 6) is 0.412. The van der Waals surface area contributed by atoms with Gasteiger partial charge in [0.2, 0.25) is 9.47 Å². The van der Waals surface area contributed by atoms with Gasteiger partial charge in [-0.2, -0.15) is 4.31 Å². The van der Waals surface area contributed by atoms with E-state index < -0.39 is 10.0 Å². The molecule has 32 heavy (non-hydrogen) atoms. The molecule has 1 aliphatic heterocycles. The number of ether oxygens (including phenoxy) is 1. The van der Waals surface area contributed by atoms with Crippen molar-refractivity contribution in [2.75, 3.05) is 43.5 Å². The number of nitrogens with zero attached hydrogens (tertiary/aromatic N) is 4. The number of hydrogen-bond acceptors (Lipinski definition) is 8. The third kappa shape index (κ3) is 4.74. The Labute approximate surface area is 190 Å². The van der Waals surface area contributed by atoms with E-state index in [0.29, 0.717) is 31.7 Å². The predicted octanol–water partition coefficient (Wildman–Crippen LogP) is 2.62. The fourth-order valence-corrected chi connectivity index (χ4v) is 5.78. The molecule has 2 heterocycles. The molecular weight excluding hydrogens is 450 g/mol. The van der Waals surface area contributed by atoms with Crippen molar-refractivity contribution in [3.63, 3.8) is 0 Å². The molecule has 1 saturated heterocycles. The average Bonchev–Trinajstić information content (AvgIpc) is 3.29. The van der Waals surface area contributed by atoms with E-state index >= 15 is 0 Å². The first kappa shape index (κ1) is 22.2. The van der Waals surface area contributed by atoms with Gasteiger partial charge >= 0.3 is 0 Å². The quantitative estimate of drug-likeness (QED) is 0.549. The monoisotopic (exact) mass is 473 g/mol. The van der Waals surface area contributed by atoms with E-state index in [-0.39, 0.29) is 15.4 Å². The first-order valence-corrected chi connectivity index (χ1v) is 12.2. The van der Waals surface area contributed by atoms with Gasteiger partial charge in [0.05, 0.1) is 7.11 Å². The maximum absolute atomic E-state index is 13.0. The minimum absolute atomic E-state index is 0.130. The number of benzene rings is 2. The summed E-state index contributed by atoms with van der Waals surface area (Å²) in [5.41, 5.74) is 2.52.